The summed E-state index contributed by atoms with van der Waals surface area (Å²) in [5.74, 6) is 0.653. The van der Waals surface area contributed by atoms with Gasteiger partial charge in [0.1, 0.15) is 10.6 Å². The second-order valence-electron chi connectivity index (χ2n) is 7.67. The molecule has 1 fully saturated rings. The van der Waals surface area contributed by atoms with E-state index in [9.17, 15) is 8.42 Å². The van der Waals surface area contributed by atoms with Gasteiger partial charge in [0.05, 0.1) is 19.4 Å². The van der Waals surface area contributed by atoms with Crippen LogP contribution < -0.4 is 25.0 Å². The van der Waals surface area contributed by atoms with E-state index in [1.807, 2.05) is 19.1 Å². The summed E-state index contributed by atoms with van der Waals surface area (Å²) in [6.07, 6.45) is 2.08. The number of nitrogens with one attached hydrogen (secondary N) is 3. The van der Waals surface area contributed by atoms with E-state index in [4.69, 9.17) is 21.7 Å². The van der Waals surface area contributed by atoms with Crippen LogP contribution in [0, 0.1) is 0 Å². The molecule has 1 saturated heterocycles. The largest absolute Gasteiger partial charge is 0.497 e. The first-order chi connectivity index (χ1) is 15.3. The number of anilines is 3. The van der Waals surface area contributed by atoms with Crippen LogP contribution in [0.1, 0.15) is 19.8 Å². The van der Waals surface area contributed by atoms with E-state index < -0.39 is 10.0 Å². The van der Waals surface area contributed by atoms with Crippen molar-refractivity contribution < 1.29 is 17.9 Å². The summed E-state index contributed by atoms with van der Waals surface area (Å²) in [4.78, 5) is 2.30. The van der Waals surface area contributed by atoms with E-state index in [0.717, 1.165) is 25.9 Å². The lowest BCUT2D eigenvalue weighted by atomic mass is 10.2. The van der Waals surface area contributed by atoms with Crippen molar-refractivity contribution in [1.29, 1.82) is 0 Å². The summed E-state index contributed by atoms with van der Waals surface area (Å²) in [7, 11) is -0.659. The van der Waals surface area contributed by atoms with Gasteiger partial charge >= 0.3 is 0 Å². The van der Waals surface area contributed by atoms with Gasteiger partial charge in [-0.1, -0.05) is 0 Å². The van der Waals surface area contributed by atoms with E-state index >= 15 is 0 Å². The maximum Gasteiger partial charge on any atom is 0.264 e. The quantitative estimate of drug-likeness (QED) is 0.472. The van der Waals surface area contributed by atoms with Crippen molar-refractivity contribution in [3.63, 3.8) is 0 Å². The van der Waals surface area contributed by atoms with Gasteiger partial charge in [0.15, 0.2) is 5.11 Å². The molecule has 0 spiro atoms. The average Bonchev–Trinajstić information content (AvgIpc) is 3.29. The van der Waals surface area contributed by atoms with Crippen LogP contribution in [0.2, 0.25) is 0 Å². The van der Waals surface area contributed by atoms with Crippen LogP contribution in [0.25, 0.3) is 0 Å². The Bertz CT molecular complexity index is 1020. The number of hydrogen-bond acceptors (Lipinski definition) is 6. The molecule has 1 aliphatic rings. The minimum atomic E-state index is -3.85. The Morgan fingerprint density at radius 1 is 1.09 bits per heavy atom. The molecule has 2 aromatic rings. The molecule has 8 nitrogen and oxygen atoms in total. The van der Waals surface area contributed by atoms with Crippen LogP contribution in [0.3, 0.4) is 0 Å². The lowest BCUT2D eigenvalue weighted by Crippen LogP contribution is -2.38. The SMILES string of the molecule is COCC(C)NC(=S)Nc1ccc(N2CCCC2)c(S(=O)(=O)Nc2ccc(OC)cc2)c1. The molecule has 3 N–H and O–H groups in total. The number of methoxy groups -OCH3 is 2. The topological polar surface area (TPSA) is 91.9 Å². The molecule has 0 radical (unpaired) electrons. The molecule has 0 bridgehead atoms. The van der Waals surface area contributed by atoms with Crippen molar-refractivity contribution in [2.75, 3.05) is 48.9 Å². The van der Waals surface area contributed by atoms with Gasteiger partial charge in [0.2, 0.25) is 0 Å². The molecular weight excluding hydrogens is 448 g/mol. The zero-order valence-electron chi connectivity index (χ0n) is 18.6. The van der Waals surface area contributed by atoms with Gasteiger partial charge in [-0.05, 0) is 74.4 Å². The maximum atomic E-state index is 13.4. The molecule has 3 rings (SSSR count). The first kappa shape index (κ1) is 24.1. The molecule has 0 aromatic heterocycles. The number of sulfonamides is 1. The molecule has 0 amide bonds. The van der Waals surface area contributed by atoms with E-state index in [1.54, 1.807) is 44.6 Å². The standard InChI is InChI=1S/C22H30N4O4S2/c1-16(15-29-2)23-22(31)24-18-8-11-20(26-12-4-5-13-26)21(14-18)32(27,28)25-17-6-9-19(30-3)10-7-17/h6-11,14,16,25H,4-5,12-13,15H2,1-3H3,(H2,23,24,31). The predicted octanol–water partition coefficient (Wildman–Crippen LogP) is 3.42. The third-order valence-corrected chi connectivity index (χ3v) is 6.72. The molecule has 1 atom stereocenters. The maximum absolute atomic E-state index is 13.4. The number of nitrogens with zero attached hydrogens (tertiary/aromatic N) is 1. The number of thiocarbonyl (C=S) groups is 1. The highest BCUT2D eigenvalue weighted by atomic mass is 32.2. The zero-order valence-corrected chi connectivity index (χ0v) is 20.2. The Morgan fingerprint density at radius 3 is 2.38 bits per heavy atom. The van der Waals surface area contributed by atoms with Gasteiger partial charge < -0.3 is 25.0 Å². The van der Waals surface area contributed by atoms with E-state index in [0.29, 0.717) is 34.5 Å². The molecule has 1 aliphatic heterocycles. The van der Waals surface area contributed by atoms with Crippen molar-refractivity contribution in [3.8, 4) is 5.75 Å². The summed E-state index contributed by atoms with van der Waals surface area (Å²) in [5.41, 5.74) is 1.73. The fourth-order valence-corrected chi connectivity index (χ4v) is 5.21. The molecule has 32 heavy (non-hydrogen) atoms. The van der Waals surface area contributed by atoms with E-state index in [1.165, 1.54) is 0 Å². The Kier molecular flexibility index (Phi) is 8.16. The number of benzene rings is 2. The van der Waals surface area contributed by atoms with Crippen LogP contribution in [-0.4, -0.2) is 53.5 Å². The second-order valence-corrected chi connectivity index (χ2v) is 9.72. The minimum Gasteiger partial charge on any atom is -0.497 e. The Labute approximate surface area is 195 Å². The normalized spacial score (nSPS) is 14.7. The summed E-state index contributed by atoms with van der Waals surface area (Å²) in [6.45, 7) is 4.10. The molecule has 10 heteroatoms. The van der Waals surface area contributed by atoms with Gasteiger partial charge in [-0.2, -0.15) is 0 Å². The first-order valence-corrected chi connectivity index (χ1v) is 12.3. The van der Waals surface area contributed by atoms with Gasteiger partial charge in [-0.3, -0.25) is 4.72 Å². The zero-order chi connectivity index (χ0) is 23.1. The Balaban J connectivity index is 1.87. The van der Waals surface area contributed by atoms with Crippen molar-refractivity contribution in [1.82, 2.24) is 5.32 Å². The average molecular weight is 479 g/mol. The molecule has 1 unspecified atom stereocenters. The summed E-state index contributed by atoms with van der Waals surface area (Å²) in [6, 6.07) is 12.1. The number of hydrogen-bond donors (Lipinski definition) is 3. The Hall–Kier alpha value is -2.56. The van der Waals surface area contributed by atoms with Gasteiger partial charge in [-0.25, -0.2) is 8.42 Å². The van der Waals surface area contributed by atoms with Crippen molar-refractivity contribution in [2.24, 2.45) is 0 Å². The third-order valence-electron chi connectivity index (χ3n) is 5.09. The highest BCUT2D eigenvalue weighted by Gasteiger charge is 2.25. The lowest BCUT2D eigenvalue weighted by Gasteiger charge is -2.23. The monoisotopic (exact) mass is 478 g/mol. The number of rotatable bonds is 9. The van der Waals surface area contributed by atoms with Crippen molar-refractivity contribution in [3.05, 3.63) is 42.5 Å². The summed E-state index contributed by atoms with van der Waals surface area (Å²) >= 11 is 5.37. The fourth-order valence-electron chi connectivity index (χ4n) is 3.58. The highest BCUT2D eigenvalue weighted by Crippen LogP contribution is 2.32. The van der Waals surface area contributed by atoms with Crippen LogP contribution in [0.15, 0.2) is 47.4 Å². The smallest absolute Gasteiger partial charge is 0.264 e. The highest BCUT2D eigenvalue weighted by molar-refractivity contribution is 7.93. The molecule has 0 aliphatic carbocycles. The minimum absolute atomic E-state index is 0.0174. The van der Waals surface area contributed by atoms with Crippen LogP contribution >= 0.6 is 12.2 Å². The lowest BCUT2D eigenvalue weighted by molar-refractivity contribution is 0.179. The number of ether oxygens (including phenoxy) is 2. The fraction of sp³-hybridized carbons (Fsp3) is 0.409. The van der Waals surface area contributed by atoms with Gasteiger partial charge in [-0.15, -0.1) is 0 Å². The second kappa shape index (κ2) is 10.8. The van der Waals surface area contributed by atoms with Crippen molar-refractivity contribution >= 4 is 44.4 Å². The summed E-state index contributed by atoms with van der Waals surface area (Å²) < 4.78 is 39.7. The van der Waals surface area contributed by atoms with Crippen LogP contribution in [-0.2, 0) is 14.8 Å². The molecular formula is C22H30N4O4S2. The first-order valence-electron chi connectivity index (χ1n) is 10.4. The molecule has 2 aromatic carbocycles. The van der Waals surface area contributed by atoms with Gasteiger partial charge in [0, 0.05) is 37.6 Å². The van der Waals surface area contributed by atoms with E-state index in [2.05, 4.69) is 20.3 Å². The molecule has 0 saturated carbocycles. The predicted molar refractivity (Wildman–Crippen MR) is 132 cm³/mol. The third kappa shape index (κ3) is 6.24. The molecule has 1 heterocycles. The van der Waals surface area contributed by atoms with E-state index in [-0.39, 0.29) is 10.9 Å². The summed E-state index contributed by atoms with van der Waals surface area (Å²) in [5, 5.41) is 6.59. The molecule has 174 valence electrons. The Morgan fingerprint density at radius 2 is 1.75 bits per heavy atom. The van der Waals surface area contributed by atoms with Crippen LogP contribution in [0.5, 0.6) is 5.75 Å². The van der Waals surface area contributed by atoms with Crippen LogP contribution in [0.4, 0.5) is 17.1 Å². The van der Waals surface area contributed by atoms with Crippen molar-refractivity contribution in [2.45, 2.75) is 30.7 Å². The van der Waals surface area contributed by atoms with Gasteiger partial charge in [0.25, 0.3) is 10.0 Å².